The van der Waals surface area contributed by atoms with E-state index in [0.29, 0.717) is 11.1 Å². The van der Waals surface area contributed by atoms with E-state index in [1.165, 1.54) is 11.8 Å². The molecule has 2 rings (SSSR count). The molecule has 0 unspecified atom stereocenters. The third kappa shape index (κ3) is 3.73. The Balaban J connectivity index is 2.13. The Labute approximate surface area is 129 Å². The fourth-order valence-electron chi connectivity index (χ4n) is 2.00. The molecule has 0 bridgehead atoms. The fraction of sp³-hybridized carbons (Fsp3) is 0.438. The van der Waals surface area contributed by atoms with Gasteiger partial charge < -0.3 is 0 Å². The first-order valence-corrected chi connectivity index (χ1v) is 7.97. The number of ketones is 1. The summed E-state index contributed by atoms with van der Waals surface area (Å²) in [4.78, 5) is 17.0. The zero-order chi connectivity index (χ0) is 15.6. The lowest BCUT2D eigenvalue weighted by molar-refractivity contribution is 0.0993. The van der Waals surface area contributed by atoms with E-state index in [-0.39, 0.29) is 11.0 Å². The fourth-order valence-corrected chi connectivity index (χ4v) is 2.80. The Morgan fingerprint density at radius 1 is 1.24 bits per heavy atom. The average molecular weight is 303 g/mol. The third-order valence-corrected chi connectivity index (χ3v) is 4.30. The number of benzene rings is 1. The van der Waals surface area contributed by atoms with Gasteiger partial charge in [0.2, 0.25) is 5.16 Å². The van der Waals surface area contributed by atoms with Crippen molar-refractivity contribution in [3.63, 3.8) is 0 Å². The van der Waals surface area contributed by atoms with Gasteiger partial charge in [-0.15, -0.1) is 5.10 Å². The van der Waals surface area contributed by atoms with E-state index in [9.17, 15) is 4.79 Å². The molecular weight excluding hydrogens is 282 g/mol. The number of nitrogens with zero attached hydrogens (tertiary/aromatic N) is 2. The van der Waals surface area contributed by atoms with Gasteiger partial charge in [-0.3, -0.25) is 9.89 Å². The van der Waals surface area contributed by atoms with Gasteiger partial charge in [0.05, 0.1) is 5.25 Å². The highest BCUT2D eigenvalue weighted by molar-refractivity contribution is 8.00. The minimum Gasteiger partial charge on any atom is -0.293 e. The van der Waals surface area contributed by atoms with Crippen molar-refractivity contribution in [2.45, 2.75) is 50.9 Å². The normalized spacial score (nSPS) is 12.7. The maximum Gasteiger partial charge on any atom is 0.209 e. The monoisotopic (exact) mass is 303 g/mol. The Bertz CT molecular complexity index is 649. The lowest BCUT2D eigenvalue weighted by Crippen LogP contribution is -2.15. The predicted molar refractivity (Wildman–Crippen MR) is 86.0 cm³/mol. The number of nitrogens with one attached hydrogen (secondary N) is 1. The van der Waals surface area contributed by atoms with Crippen LogP contribution >= 0.6 is 11.8 Å². The van der Waals surface area contributed by atoms with Crippen LogP contribution in [0.3, 0.4) is 0 Å². The van der Waals surface area contributed by atoms with Gasteiger partial charge >= 0.3 is 0 Å². The van der Waals surface area contributed by atoms with Crippen molar-refractivity contribution in [2.75, 3.05) is 0 Å². The van der Waals surface area contributed by atoms with E-state index < -0.39 is 0 Å². The van der Waals surface area contributed by atoms with Crippen molar-refractivity contribution in [1.29, 1.82) is 0 Å². The summed E-state index contributed by atoms with van der Waals surface area (Å²) in [7, 11) is 0. The maximum absolute atomic E-state index is 12.6. The lowest BCUT2D eigenvalue weighted by atomic mass is 10.0. The molecule has 2 aromatic rings. The number of thioether (sulfide) groups is 1. The molecule has 1 aromatic heterocycles. The molecule has 0 amide bonds. The Morgan fingerprint density at radius 2 is 1.95 bits per heavy atom. The standard InChI is InChI=1S/C16H21N3OS/c1-9(2)15-17-16(19-18-15)21-12(5)14(20)13-8-10(3)6-7-11(13)4/h6-9,12H,1-5H3,(H,17,18,19)/t12-/m0/s1. The van der Waals surface area contributed by atoms with Crippen LogP contribution in [0.25, 0.3) is 0 Å². The molecule has 1 aromatic carbocycles. The molecule has 1 heterocycles. The number of hydrogen-bond acceptors (Lipinski definition) is 4. The Morgan fingerprint density at radius 3 is 2.57 bits per heavy atom. The second-order valence-electron chi connectivity index (χ2n) is 5.60. The Kier molecular flexibility index (Phi) is 4.83. The van der Waals surface area contributed by atoms with E-state index in [1.54, 1.807) is 0 Å². The molecule has 4 nitrogen and oxygen atoms in total. The number of aromatic nitrogens is 3. The minimum absolute atomic E-state index is 0.122. The second kappa shape index (κ2) is 6.43. The molecule has 0 aliphatic rings. The molecule has 0 radical (unpaired) electrons. The maximum atomic E-state index is 12.6. The summed E-state index contributed by atoms with van der Waals surface area (Å²) in [5.41, 5.74) is 2.90. The summed E-state index contributed by atoms with van der Waals surface area (Å²) in [6, 6.07) is 5.96. The van der Waals surface area contributed by atoms with E-state index in [0.717, 1.165) is 22.5 Å². The number of aryl methyl sites for hydroxylation is 2. The van der Waals surface area contributed by atoms with Crippen LogP contribution in [0.15, 0.2) is 23.4 Å². The van der Waals surface area contributed by atoms with Crippen LogP contribution in [0.4, 0.5) is 0 Å². The van der Waals surface area contributed by atoms with E-state index in [1.807, 2.05) is 39.0 Å². The van der Waals surface area contributed by atoms with Crippen LogP contribution in [0.2, 0.25) is 0 Å². The summed E-state index contributed by atoms with van der Waals surface area (Å²) < 4.78 is 0. The van der Waals surface area contributed by atoms with Gasteiger partial charge in [-0.25, -0.2) is 4.98 Å². The topological polar surface area (TPSA) is 58.6 Å². The highest BCUT2D eigenvalue weighted by Gasteiger charge is 2.20. The first kappa shape index (κ1) is 15.8. The van der Waals surface area contributed by atoms with Gasteiger partial charge in [0, 0.05) is 11.5 Å². The number of aromatic amines is 1. The summed E-state index contributed by atoms with van der Waals surface area (Å²) >= 11 is 1.40. The van der Waals surface area contributed by atoms with Crippen molar-refractivity contribution in [3.8, 4) is 0 Å². The molecule has 5 heteroatoms. The smallest absolute Gasteiger partial charge is 0.209 e. The number of rotatable bonds is 5. The molecule has 21 heavy (non-hydrogen) atoms. The average Bonchev–Trinajstić information content (AvgIpc) is 2.89. The molecule has 1 N–H and O–H groups in total. The largest absolute Gasteiger partial charge is 0.293 e. The summed E-state index contributed by atoms with van der Waals surface area (Å²) in [6.07, 6.45) is 0. The van der Waals surface area contributed by atoms with Gasteiger partial charge in [0.25, 0.3) is 0 Å². The molecule has 0 spiro atoms. The van der Waals surface area contributed by atoms with Crippen LogP contribution in [0.1, 0.15) is 54.0 Å². The number of carbonyl (C=O) groups excluding carboxylic acids is 1. The van der Waals surface area contributed by atoms with Gasteiger partial charge in [-0.2, -0.15) is 0 Å². The Hall–Kier alpha value is -1.62. The van der Waals surface area contributed by atoms with Crippen LogP contribution in [-0.2, 0) is 0 Å². The number of Topliss-reactive ketones (excluding diaryl/α,β-unsaturated/α-hetero) is 1. The molecule has 0 aliphatic heterocycles. The van der Waals surface area contributed by atoms with Gasteiger partial charge in [-0.05, 0) is 32.4 Å². The summed E-state index contributed by atoms with van der Waals surface area (Å²) in [5, 5.41) is 7.51. The zero-order valence-corrected chi connectivity index (χ0v) is 13.9. The highest BCUT2D eigenvalue weighted by atomic mass is 32.2. The van der Waals surface area contributed by atoms with E-state index in [4.69, 9.17) is 0 Å². The van der Waals surface area contributed by atoms with Crippen molar-refractivity contribution < 1.29 is 4.79 Å². The quantitative estimate of drug-likeness (QED) is 0.672. The van der Waals surface area contributed by atoms with Crippen molar-refractivity contribution >= 4 is 17.5 Å². The SMILES string of the molecule is Cc1ccc(C)c(C(=O)[C@H](C)Sc2n[nH]c(C(C)C)n2)c1. The first-order valence-electron chi connectivity index (χ1n) is 7.09. The van der Waals surface area contributed by atoms with Crippen LogP contribution in [-0.4, -0.2) is 26.2 Å². The summed E-state index contributed by atoms with van der Waals surface area (Å²) in [5.74, 6) is 1.28. The predicted octanol–water partition coefficient (Wildman–Crippen LogP) is 3.91. The zero-order valence-electron chi connectivity index (χ0n) is 13.1. The van der Waals surface area contributed by atoms with Crippen LogP contribution in [0.5, 0.6) is 0 Å². The van der Waals surface area contributed by atoms with E-state index in [2.05, 4.69) is 29.0 Å². The first-order chi connectivity index (χ1) is 9.88. The van der Waals surface area contributed by atoms with E-state index >= 15 is 0 Å². The van der Waals surface area contributed by atoms with Crippen molar-refractivity contribution in [3.05, 3.63) is 40.7 Å². The number of carbonyl (C=O) groups is 1. The third-order valence-electron chi connectivity index (χ3n) is 3.34. The minimum atomic E-state index is -0.207. The van der Waals surface area contributed by atoms with Crippen LogP contribution in [0, 0.1) is 13.8 Å². The van der Waals surface area contributed by atoms with Crippen LogP contribution < -0.4 is 0 Å². The molecule has 112 valence electrons. The lowest BCUT2D eigenvalue weighted by Gasteiger charge is -2.11. The molecule has 0 fully saturated rings. The molecule has 0 saturated heterocycles. The van der Waals surface area contributed by atoms with Crippen molar-refractivity contribution in [1.82, 2.24) is 15.2 Å². The highest BCUT2D eigenvalue weighted by Crippen LogP contribution is 2.25. The number of H-pyrrole nitrogens is 1. The van der Waals surface area contributed by atoms with Crippen molar-refractivity contribution in [2.24, 2.45) is 0 Å². The van der Waals surface area contributed by atoms with Gasteiger partial charge in [0.1, 0.15) is 5.82 Å². The second-order valence-corrected chi connectivity index (χ2v) is 6.91. The molecule has 0 saturated carbocycles. The summed E-state index contributed by atoms with van der Waals surface area (Å²) in [6.45, 7) is 9.98. The number of hydrogen-bond donors (Lipinski definition) is 1. The molecule has 0 aliphatic carbocycles. The molecular formula is C16H21N3OS. The van der Waals surface area contributed by atoms with Gasteiger partial charge in [-0.1, -0.05) is 43.3 Å². The molecule has 1 atom stereocenters. The van der Waals surface area contributed by atoms with Gasteiger partial charge in [0.15, 0.2) is 5.78 Å².